The monoisotopic (exact) mass is 437 g/mol. The number of pyridine rings is 2. The number of rotatable bonds is 4. The van der Waals surface area contributed by atoms with Crippen molar-refractivity contribution < 1.29 is 18.0 Å². The van der Waals surface area contributed by atoms with Crippen LogP contribution in [0.25, 0.3) is 21.8 Å². The van der Waals surface area contributed by atoms with Crippen LogP contribution >= 0.6 is 0 Å². The molecular weight excluding hydrogens is 415 g/mol. The summed E-state index contributed by atoms with van der Waals surface area (Å²) < 4.78 is 40.1. The van der Waals surface area contributed by atoms with E-state index in [0.29, 0.717) is 16.5 Å². The smallest absolute Gasteiger partial charge is 0.345 e. The molecule has 164 valence electrons. The summed E-state index contributed by atoms with van der Waals surface area (Å²) in [6, 6.07) is 17.0. The van der Waals surface area contributed by atoms with Crippen LogP contribution in [0.3, 0.4) is 0 Å². The van der Waals surface area contributed by atoms with E-state index in [1.807, 2.05) is 37.3 Å². The molecular formula is C25H22F3N3O. The summed E-state index contributed by atoms with van der Waals surface area (Å²) in [4.78, 5) is 21.4. The fourth-order valence-corrected chi connectivity index (χ4v) is 3.61. The molecule has 0 spiro atoms. The first kappa shape index (κ1) is 21.7. The molecule has 0 aliphatic heterocycles. The van der Waals surface area contributed by atoms with Crippen molar-refractivity contribution in [3.63, 3.8) is 0 Å². The van der Waals surface area contributed by atoms with Gasteiger partial charge in [0.05, 0.1) is 22.8 Å². The van der Waals surface area contributed by atoms with Gasteiger partial charge in [-0.15, -0.1) is 0 Å². The van der Waals surface area contributed by atoms with Crippen molar-refractivity contribution in [3.05, 3.63) is 83.7 Å². The van der Waals surface area contributed by atoms with Crippen LogP contribution in [-0.4, -0.2) is 22.1 Å². The number of nitrogens with zero attached hydrogens (tertiary/aromatic N) is 2. The molecule has 1 amide bonds. The van der Waals surface area contributed by atoms with Crippen LogP contribution in [-0.2, 0) is 5.41 Å². The van der Waals surface area contributed by atoms with E-state index in [-0.39, 0.29) is 17.6 Å². The van der Waals surface area contributed by atoms with E-state index in [9.17, 15) is 18.0 Å². The Labute approximate surface area is 183 Å². The van der Waals surface area contributed by atoms with Gasteiger partial charge in [0.1, 0.15) is 5.41 Å². The zero-order valence-corrected chi connectivity index (χ0v) is 17.9. The van der Waals surface area contributed by atoms with E-state index >= 15 is 0 Å². The molecule has 4 rings (SSSR count). The minimum absolute atomic E-state index is 0.0621. The molecule has 2 aromatic heterocycles. The lowest BCUT2D eigenvalue weighted by Crippen LogP contribution is -2.37. The van der Waals surface area contributed by atoms with Gasteiger partial charge in [0.15, 0.2) is 0 Å². The summed E-state index contributed by atoms with van der Waals surface area (Å²) in [7, 11) is 0. The molecule has 0 saturated carbocycles. The number of carbonyl (C=O) groups excluding carboxylic acids is 1. The van der Waals surface area contributed by atoms with Crippen molar-refractivity contribution in [2.24, 2.45) is 0 Å². The molecule has 32 heavy (non-hydrogen) atoms. The molecule has 4 nitrogen and oxygen atoms in total. The SMILES string of the molecule is C[C@@H](NC(=O)c1ccc2nc(C(C)(C)C(F)(F)F)ccc2c1)c1ccnc2ccccc12. The molecule has 0 aliphatic rings. The first-order valence-corrected chi connectivity index (χ1v) is 10.2. The summed E-state index contributed by atoms with van der Waals surface area (Å²) in [6.07, 6.45) is -2.71. The first-order valence-electron chi connectivity index (χ1n) is 10.2. The van der Waals surface area contributed by atoms with Crippen LogP contribution in [0, 0.1) is 0 Å². The Morgan fingerprint density at radius 1 is 0.969 bits per heavy atom. The van der Waals surface area contributed by atoms with Gasteiger partial charge in [-0.2, -0.15) is 13.2 Å². The van der Waals surface area contributed by atoms with Gasteiger partial charge in [-0.3, -0.25) is 14.8 Å². The number of hydrogen-bond acceptors (Lipinski definition) is 3. The molecule has 0 bridgehead atoms. The third kappa shape index (κ3) is 3.90. The Hall–Kier alpha value is -3.48. The number of amides is 1. The molecule has 2 aromatic carbocycles. The summed E-state index contributed by atoms with van der Waals surface area (Å²) in [5.74, 6) is -0.278. The van der Waals surface area contributed by atoms with Gasteiger partial charge < -0.3 is 5.32 Å². The number of alkyl halides is 3. The zero-order valence-electron chi connectivity index (χ0n) is 17.9. The predicted molar refractivity (Wildman–Crippen MR) is 118 cm³/mol. The minimum Gasteiger partial charge on any atom is -0.345 e. The van der Waals surface area contributed by atoms with E-state index in [1.54, 1.807) is 30.5 Å². The van der Waals surface area contributed by atoms with Crippen LogP contribution in [0.5, 0.6) is 0 Å². The van der Waals surface area contributed by atoms with E-state index in [2.05, 4.69) is 15.3 Å². The highest BCUT2D eigenvalue weighted by molar-refractivity contribution is 5.98. The molecule has 0 fully saturated rings. The minimum atomic E-state index is -4.42. The fraction of sp³-hybridized carbons (Fsp3) is 0.240. The maximum atomic E-state index is 13.4. The summed E-state index contributed by atoms with van der Waals surface area (Å²) >= 11 is 0. The molecule has 0 radical (unpaired) electrons. The van der Waals surface area contributed by atoms with Gasteiger partial charge >= 0.3 is 6.18 Å². The normalized spacial score (nSPS) is 13.3. The van der Waals surface area contributed by atoms with Gasteiger partial charge in [0.2, 0.25) is 0 Å². The Bertz CT molecular complexity index is 1310. The average Bonchev–Trinajstić information content (AvgIpc) is 2.77. The zero-order chi connectivity index (χ0) is 23.1. The van der Waals surface area contributed by atoms with E-state index < -0.39 is 11.6 Å². The number of para-hydroxylation sites is 1. The van der Waals surface area contributed by atoms with Crippen molar-refractivity contribution in [1.82, 2.24) is 15.3 Å². The van der Waals surface area contributed by atoms with Gasteiger partial charge in [-0.1, -0.05) is 24.3 Å². The van der Waals surface area contributed by atoms with Crippen LogP contribution in [0.15, 0.2) is 66.9 Å². The number of nitrogens with one attached hydrogen (secondary N) is 1. The van der Waals surface area contributed by atoms with Gasteiger partial charge in [0, 0.05) is 22.5 Å². The van der Waals surface area contributed by atoms with Gasteiger partial charge in [-0.25, -0.2) is 0 Å². The molecule has 2 heterocycles. The Morgan fingerprint density at radius 2 is 1.72 bits per heavy atom. The second-order valence-corrected chi connectivity index (χ2v) is 8.34. The lowest BCUT2D eigenvalue weighted by atomic mass is 9.87. The topological polar surface area (TPSA) is 54.9 Å². The Balaban J connectivity index is 1.59. The van der Waals surface area contributed by atoms with Crippen LogP contribution in [0.1, 0.15) is 48.4 Å². The van der Waals surface area contributed by atoms with Crippen molar-refractivity contribution in [1.29, 1.82) is 0 Å². The van der Waals surface area contributed by atoms with Crippen LogP contribution in [0.2, 0.25) is 0 Å². The fourth-order valence-electron chi connectivity index (χ4n) is 3.61. The third-order valence-electron chi connectivity index (χ3n) is 5.80. The number of hydrogen-bond donors (Lipinski definition) is 1. The van der Waals surface area contributed by atoms with Crippen molar-refractivity contribution in [2.45, 2.75) is 38.4 Å². The average molecular weight is 437 g/mol. The van der Waals surface area contributed by atoms with E-state index in [4.69, 9.17) is 0 Å². The summed E-state index contributed by atoms with van der Waals surface area (Å²) in [5, 5.41) is 4.55. The Kier molecular flexibility index (Phi) is 5.36. The first-order chi connectivity index (χ1) is 15.1. The lowest BCUT2D eigenvalue weighted by molar-refractivity contribution is -0.181. The van der Waals surface area contributed by atoms with Gasteiger partial charge in [-0.05, 0) is 62.7 Å². The number of carbonyl (C=O) groups is 1. The van der Waals surface area contributed by atoms with Crippen LogP contribution in [0.4, 0.5) is 13.2 Å². The van der Waals surface area contributed by atoms with Crippen molar-refractivity contribution in [3.8, 4) is 0 Å². The number of aromatic nitrogens is 2. The highest BCUT2D eigenvalue weighted by atomic mass is 19.4. The molecule has 1 atom stereocenters. The molecule has 7 heteroatoms. The molecule has 1 N–H and O–H groups in total. The maximum absolute atomic E-state index is 13.4. The summed E-state index contributed by atoms with van der Waals surface area (Å²) in [6.45, 7) is 4.11. The van der Waals surface area contributed by atoms with Crippen molar-refractivity contribution >= 4 is 27.7 Å². The standard InChI is InChI=1S/C25H22F3N3O/c1-15(18-12-13-29-21-7-5-4-6-19(18)21)30-23(32)17-8-10-20-16(14-17)9-11-22(31-20)24(2,3)25(26,27)28/h4-15H,1-3H3,(H,30,32)/t15-/m1/s1. The molecule has 0 unspecified atom stereocenters. The Morgan fingerprint density at radius 3 is 2.47 bits per heavy atom. The molecule has 4 aromatic rings. The predicted octanol–water partition coefficient (Wildman–Crippen LogP) is 6.11. The number of halogens is 3. The lowest BCUT2D eigenvalue weighted by Gasteiger charge is -2.27. The molecule has 0 saturated heterocycles. The number of benzene rings is 2. The second-order valence-electron chi connectivity index (χ2n) is 8.34. The number of fused-ring (bicyclic) bond motifs is 2. The van der Waals surface area contributed by atoms with Gasteiger partial charge in [0.25, 0.3) is 5.91 Å². The highest BCUT2D eigenvalue weighted by Crippen LogP contribution is 2.40. The summed E-state index contributed by atoms with van der Waals surface area (Å²) in [5.41, 5.74) is 0.482. The largest absolute Gasteiger partial charge is 0.399 e. The molecule has 0 aliphatic carbocycles. The van der Waals surface area contributed by atoms with E-state index in [1.165, 1.54) is 6.07 Å². The van der Waals surface area contributed by atoms with E-state index in [0.717, 1.165) is 30.3 Å². The maximum Gasteiger partial charge on any atom is 0.399 e. The van der Waals surface area contributed by atoms with Crippen LogP contribution < -0.4 is 5.32 Å². The highest BCUT2D eigenvalue weighted by Gasteiger charge is 2.49. The van der Waals surface area contributed by atoms with Crippen molar-refractivity contribution in [2.75, 3.05) is 0 Å². The third-order valence-corrected chi connectivity index (χ3v) is 5.80. The second kappa shape index (κ2) is 7.89. The quantitative estimate of drug-likeness (QED) is 0.419.